The van der Waals surface area contributed by atoms with Gasteiger partial charge in [0, 0.05) is 12.1 Å². The number of hydrogen-bond donors (Lipinski definition) is 3. The van der Waals surface area contributed by atoms with Crippen molar-refractivity contribution in [1.29, 1.82) is 0 Å². The van der Waals surface area contributed by atoms with Crippen molar-refractivity contribution in [1.82, 2.24) is 10.3 Å². The quantitative estimate of drug-likeness (QED) is 0.528. The molecule has 2 unspecified atom stereocenters. The summed E-state index contributed by atoms with van der Waals surface area (Å²) in [5, 5.41) is 33.3. The van der Waals surface area contributed by atoms with E-state index in [1.165, 1.54) is 13.0 Å². The van der Waals surface area contributed by atoms with E-state index in [0.717, 1.165) is 6.20 Å². The van der Waals surface area contributed by atoms with Gasteiger partial charge in [0.25, 0.3) is 5.69 Å². The van der Waals surface area contributed by atoms with Crippen molar-refractivity contribution in [2.75, 3.05) is 6.54 Å². The Bertz CT molecular complexity index is 599. The van der Waals surface area contributed by atoms with Crippen LogP contribution in [0.25, 0.3) is 0 Å². The smallest absolute Gasteiger partial charge is 0.407 e. The predicted molar refractivity (Wildman–Crippen MR) is 85.4 cm³/mol. The summed E-state index contributed by atoms with van der Waals surface area (Å²) < 4.78 is 5.05. The fraction of sp³-hybridized carbons (Fsp3) is 0.600. The standard InChI is InChI=1S/C15H23N3O6/c1-9-7-10(17-8-11(9)18(22)23)13(20)12(19)5-6-16-14(21)24-15(2,3)4/h7-8,12-13,19-20H,5-6H2,1-4H3,(H,16,21). The third-order valence-electron chi connectivity index (χ3n) is 3.08. The Balaban J connectivity index is 2.56. The van der Waals surface area contributed by atoms with E-state index >= 15 is 0 Å². The molecule has 0 aliphatic rings. The van der Waals surface area contributed by atoms with Gasteiger partial charge in [-0.25, -0.2) is 4.79 Å². The highest BCUT2D eigenvalue weighted by molar-refractivity contribution is 5.67. The number of amides is 1. The van der Waals surface area contributed by atoms with Crippen LogP contribution in [0.1, 0.15) is 44.6 Å². The summed E-state index contributed by atoms with van der Waals surface area (Å²) in [5.41, 5.74) is -0.319. The van der Waals surface area contributed by atoms with Crippen LogP contribution in [0.2, 0.25) is 0 Å². The average Bonchev–Trinajstić information content (AvgIpc) is 2.43. The van der Waals surface area contributed by atoms with E-state index in [9.17, 15) is 25.1 Å². The van der Waals surface area contributed by atoms with Crippen LogP contribution < -0.4 is 5.32 Å². The van der Waals surface area contributed by atoms with E-state index in [-0.39, 0.29) is 24.3 Å². The zero-order chi connectivity index (χ0) is 18.5. The van der Waals surface area contributed by atoms with E-state index in [0.29, 0.717) is 5.56 Å². The van der Waals surface area contributed by atoms with Gasteiger partial charge in [-0.3, -0.25) is 15.1 Å². The lowest BCUT2D eigenvalue weighted by atomic mass is 10.1. The minimum atomic E-state index is -1.31. The summed E-state index contributed by atoms with van der Waals surface area (Å²) in [4.78, 5) is 25.5. The minimum absolute atomic E-state index is 0.0676. The molecule has 2 atom stereocenters. The van der Waals surface area contributed by atoms with E-state index in [1.807, 2.05) is 0 Å². The lowest BCUT2D eigenvalue weighted by Crippen LogP contribution is -2.34. The molecule has 0 saturated carbocycles. The lowest BCUT2D eigenvalue weighted by Gasteiger charge is -2.21. The third kappa shape index (κ3) is 6.09. The molecular formula is C15H23N3O6. The molecule has 0 aliphatic carbocycles. The molecule has 1 aromatic heterocycles. The number of carbonyl (C=O) groups is 1. The van der Waals surface area contributed by atoms with Crippen LogP contribution in [0.15, 0.2) is 12.3 Å². The number of aryl methyl sites for hydroxylation is 1. The number of aliphatic hydroxyl groups excluding tert-OH is 2. The number of aliphatic hydroxyl groups is 2. The molecule has 9 heteroatoms. The van der Waals surface area contributed by atoms with Crippen molar-refractivity contribution in [3.05, 3.63) is 33.6 Å². The normalized spacial score (nSPS) is 13.9. The van der Waals surface area contributed by atoms with Gasteiger partial charge in [0.15, 0.2) is 0 Å². The van der Waals surface area contributed by atoms with E-state index < -0.39 is 28.8 Å². The second kappa shape index (κ2) is 8.02. The second-order valence-electron chi connectivity index (χ2n) is 6.38. The first-order valence-electron chi connectivity index (χ1n) is 7.45. The lowest BCUT2D eigenvalue weighted by molar-refractivity contribution is -0.385. The number of rotatable bonds is 6. The highest BCUT2D eigenvalue weighted by atomic mass is 16.6. The molecule has 0 spiro atoms. The molecule has 3 N–H and O–H groups in total. The third-order valence-corrected chi connectivity index (χ3v) is 3.08. The number of alkyl carbamates (subject to hydrolysis) is 1. The van der Waals surface area contributed by atoms with Crippen molar-refractivity contribution in [3.8, 4) is 0 Å². The average molecular weight is 341 g/mol. The first-order chi connectivity index (χ1) is 11.0. The van der Waals surface area contributed by atoms with Crippen LogP contribution in [-0.4, -0.2) is 44.5 Å². The molecule has 1 aromatic rings. The van der Waals surface area contributed by atoms with Gasteiger partial charge in [-0.15, -0.1) is 0 Å². The van der Waals surface area contributed by atoms with Crippen molar-refractivity contribution in [3.63, 3.8) is 0 Å². The van der Waals surface area contributed by atoms with Crippen LogP contribution in [0.4, 0.5) is 10.5 Å². The summed E-state index contributed by atoms with van der Waals surface area (Å²) >= 11 is 0. The Hall–Kier alpha value is -2.26. The predicted octanol–water partition coefficient (Wildman–Crippen LogP) is 1.61. The zero-order valence-electron chi connectivity index (χ0n) is 14.1. The Morgan fingerprint density at radius 2 is 2.08 bits per heavy atom. The van der Waals surface area contributed by atoms with Crippen molar-refractivity contribution >= 4 is 11.8 Å². The molecule has 0 saturated heterocycles. The number of nitro groups is 1. The van der Waals surface area contributed by atoms with Gasteiger partial charge in [0.1, 0.15) is 17.9 Å². The summed E-state index contributed by atoms with van der Waals surface area (Å²) in [6, 6.07) is 1.35. The second-order valence-corrected chi connectivity index (χ2v) is 6.38. The Labute approximate surface area is 139 Å². The van der Waals surface area contributed by atoms with Crippen molar-refractivity contribution < 1.29 is 24.7 Å². The molecule has 9 nitrogen and oxygen atoms in total. The first kappa shape index (κ1) is 19.8. The first-order valence-corrected chi connectivity index (χ1v) is 7.45. The minimum Gasteiger partial charge on any atom is -0.444 e. The maximum atomic E-state index is 11.5. The number of aromatic nitrogens is 1. The molecule has 1 heterocycles. The highest BCUT2D eigenvalue weighted by Crippen LogP contribution is 2.22. The van der Waals surface area contributed by atoms with Gasteiger partial charge in [0.2, 0.25) is 0 Å². The molecule has 24 heavy (non-hydrogen) atoms. The van der Waals surface area contributed by atoms with E-state index in [1.54, 1.807) is 20.8 Å². The number of carbonyl (C=O) groups excluding carboxylic acids is 1. The molecule has 0 aromatic carbocycles. The largest absolute Gasteiger partial charge is 0.444 e. The number of nitrogens with zero attached hydrogens (tertiary/aromatic N) is 2. The monoisotopic (exact) mass is 341 g/mol. The summed E-state index contributed by atoms with van der Waals surface area (Å²) in [7, 11) is 0. The molecule has 134 valence electrons. The molecule has 0 bridgehead atoms. The SMILES string of the molecule is Cc1cc(C(O)C(O)CCNC(=O)OC(C)(C)C)ncc1[N+](=O)[O-]. The van der Waals surface area contributed by atoms with Crippen LogP contribution in [0, 0.1) is 17.0 Å². The van der Waals surface area contributed by atoms with Crippen LogP contribution in [0.5, 0.6) is 0 Å². The molecule has 1 amide bonds. The van der Waals surface area contributed by atoms with Crippen LogP contribution in [0.3, 0.4) is 0 Å². The molecular weight excluding hydrogens is 318 g/mol. The Morgan fingerprint density at radius 3 is 2.58 bits per heavy atom. The maximum Gasteiger partial charge on any atom is 0.407 e. The van der Waals surface area contributed by atoms with Gasteiger partial charge in [-0.1, -0.05) is 0 Å². The summed E-state index contributed by atoms with van der Waals surface area (Å²) in [5.74, 6) is 0. The van der Waals surface area contributed by atoms with Gasteiger partial charge in [-0.2, -0.15) is 0 Å². The van der Waals surface area contributed by atoms with Crippen LogP contribution in [-0.2, 0) is 4.74 Å². The maximum absolute atomic E-state index is 11.5. The molecule has 0 fully saturated rings. The number of ether oxygens (including phenoxy) is 1. The van der Waals surface area contributed by atoms with Crippen LogP contribution >= 0.6 is 0 Å². The fourth-order valence-electron chi connectivity index (χ4n) is 1.91. The summed E-state index contributed by atoms with van der Waals surface area (Å²) in [6.07, 6.45) is -2.01. The number of nitrogens with one attached hydrogen (secondary N) is 1. The molecule has 1 rings (SSSR count). The van der Waals surface area contributed by atoms with Gasteiger partial charge >= 0.3 is 6.09 Å². The Morgan fingerprint density at radius 1 is 1.46 bits per heavy atom. The number of pyridine rings is 1. The molecule has 0 aliphatic heterocycles. The fourth-order valence-corrected chi connectivity index (χ4v) is 1.91. The van der Waals surface area contributed by atoms with Gasteiger partial charge in [0.05, 0.1) is 16.7 Å². The van der Waals surface area contributed by atoms with E-state index in [4.69, 9.17) is 4.74 Å². The number of hydrogen-bond acceptors (Lipinski definition) is 7. The zero-order valence-corrected chi connectivity index (χ0v) is 14.1. The van der Waals surface area contributed by atoms with Crippen molar-refractivity contribution in [2.45, 2.75) is 51.9 Å². The van der Waals surface area contributed by atoms with Gasteiger partial charge < -0.3 is 20.3 Å². The topological polar surface area (TPSA) is 135 Å². The Kier molecular flexibility index (Phi) is 6.61. The van der Waals surface area contributed by atoms with Crippen molar-refractivity contribution in [2.24, 2.45) is 0 Å². The summed E-state index contributed by atoms with van der Waals surface area (Å²) in [6.45, 7) is 6.81. The molecule has 0 radical (unpaired) electrons. The van der Waals surface area contributed by atoms with Gasteiger partial charge in [-0.05, 0) is 40.2 Å². The highest BCUT2D eigenvalue weighted by Gasteiger charge is 2.23. The van der Waals surface area contributed by atoms with E-state index in [2.05, 4.69) is 10.3 Å².